The van der Waals surface area contributed by atoms with Crippen molar-refractivity contribution >= 4 is 17.5 Å². The molecule has 0 saturated carbocycles. The molecule has 3 aliphatic carbocycles. The number of hydrogen-bond acceptors (Lipinski definition) is 9. The number of primary amides is 1. The lowest BCUT2D eigenvalue weighted by molar-refractivity contribution is -0.148. The van der Waals surface area contributed by atoms with Crippen LogP contribution in [0.2, 0.25) is 0 Å². The van der Waals surface area contributed by atoms with E-state index >= 15 is 0 Å². The number of allylic oxidation sites excluding steroid dienone is 1. The molecule has 36 heavy (non-hydrogen) atoms. The number of benzene rings is 1. The summed E-state index contributed by atoms with van der Waals surface area (Å²) in [6, 6.07) is 2.40. The van der Waals surface area contributed by atoms with Crippen molar-refractivity contribution in [1.82, 2.24) is 10.2 Å². The smallest absolute Gasteiger partial charge is 0.255 e. The van der Waals surface area contributed by atoms with Crippen LogP contribution < -0.4 is 11.1 Å². The number of carbonyl (C=O) groups is 3. The van der Waals surface area contributed by atoms with E-state index in [4.69, 9.17) is 5.73 Å². The van der Waals surface area contributed by atoms with Crippen molar-refractivity contribution in [3.63, 3.8) is 0 Å². The summed E-state index contributed by atoms with van der Waals surface area (Å²) in [5.41, 5.74) is 3.25. The van der Waals surface area contributed by atoms with Crippen molar-refractivity contribution in [2.24, 2.45) is 17.6 Å². The molecule has 0 radical (unpaired) electrons. The highest BCUT2D eigenvalue weighted by atomic mass is 16.3. The van der Waals surface area contributed by atoms with E-state index in [2.05, 4.69) is 12.2 Å². The van der Waals surface area contributed by atoms with Crippen molar-refractivity contribution in [2.45, 2.75) is 57.3 Å². The number of aliphatic hydroxyl groups excluding tert-OH is 2. The number of nitrogens with zero attached hydrogens (tertiary/aromatic N) is 1. The van der Waals surface area contributed by atoms with Gasteiger partial charge in [-0.1, -0.05) is 13.0 Å². The quantitative estimate of drug-likeness (QED) is 0.312. The molecule has 0 bridgehead atoms. The van der Waals surface area contributed by atoms with Gasteiger partial charge in [-0.15, -0.1) is 0 Å². The molecule has 3 aliphatic rings. The number of carbonyl (C=O) groups excluding carboxylic acids is 3. The van der Waals surface area contributed by atoms with Gasteiger partial charge in [0.05, 0.1) is 11.6 Å². The first-order chi connectivity index (χ1) is 16.9. The van der Waals surface area contributed by atoms with Gasteiger partial charge in [-0.3, -0.25) is 19.3 Å². The predicted molar refractivity (Wildman–Crippen MR) is 130 cm³/mol. The number of hydrogen-bond donors (Lipinski definition) is 6. The van der Waals surface area contributed by atoms with Gasteiger partial charge in [0.1, 0.15) is 22.8 Å². The minimum absolute atomic E-state index is 0.0271. The van der Waals surface area contributed by atoms with Crippen molar-refractivity contribution in [3.05, 3.63) is 51.5 Å². The van der Waals surface area contributed by atoms with Crippen molar-refractivity contribution in [1.29, 1.82) is 0 Å². The number of amides is 1. The van der Waals surface area contributed by atoms with Gasteiger partial charge < -0.3 is 31.5 Å². The van der Waals surface area contributed by atoms with Crippen LogP contribution >= 0.6 is 0 Å². The molecule has 1 amide bonds. The molecule has 4 rings (SSSR count). The van der Waals surface area contributed by atoms with Crippen LogP contribution in [0.5, 0.6) is 5.75 Å². The summed E-state index contributed by atoms with van der Waals surface area (Å²) in [4.78, 5) is 40.5. The van der Waals surface area contributed by atoms with Gasteiger partial charge in [-0.05, 0) is 63.4 Å². The first kappa shape index (κ1) is 25.9. The first-order valence-corrected chi connectivity index (χ1v) is 12.1. The minimum atomic E-state index is -2.63. The number of aromatic hydroxyl groups is 1. The second-order valence-corrected chi connectivity index (χ2v) is 10.3. The van der Waals surface area contributed by atoms with Crippen LogP contribution in [0.3, 0.4) is 0 Å². The van der Waals surface area contributed by atoms with Crippen LogP contribution in [0.15, 0.2) is 34.8 Å². The molecule has 0 heterocycles. The lowest BCUT2D eigenvalue weighted by Gasteiger charge is -2.50. The normalized spacial score (nSPS) is 28.7. The molecule has 0 fully saturated rings. The SMILES string of the molecule is CCC(C)NCc1ccc(O)c2c1CC1CC3C(N(C)C)C(O)=C(C(N)=O)C(=O)C3(O)C(O)=C1C2=O. The number of nitrogens with one attached hydrogen (secondary N) is 1. The van der Waals surface area contributed by atoms with E-state index in [-0.39, 0.29) is 35.8 Å². The summed E-state index contributed by atoms with van der Waals surface area (Å²) < 4.78 is 0. The summed E-state index contributed by atoms with van der Waals surface area (Å²) >= 11 is 0. The summed E-state index contributed by atoms with van der Waals surface area (Å²) in [6.45, 7) is 4.57. The van der Waals surface area contributed by atoms with E-state index in [1.807, 2.05) is 6.92 Å². The summed E-state index contributed by atoms with van der Waals surface area (Å²) in [7, 11) is 3.20. The minimum Gasteiger partial charge on any atom is -0.510 e. The van der Waals surface area contributed by atoms with Crippen molar-refractivity contribution in [2.75, 3.05) is 14.1 Å². The molecule has 0 saturated heterocycles. The Bertz CT molecular complexity index is 1220. The molecule has 194 valence electrons. The Balaban J connectivity index is 1.88. The number of likely N-dealkylation sites (N-methyl/N-ethyl adjacent to an activating group) is 1. The average Bonchev–Trinajstić information content (AvgIpc) is 2.80. The third-order valence-electron chi connectivity index (χ3n) is 7.96. The van der Waals surface area contributed by atoms with Gasteiger partial charge >= 0.3 is 0 Å². The number of aliphatic hydroxyl groups is 3. The van der Waals surface area contributed by atoms with Crippen LogP contribution in [0, 0.1) is 11.8 Å². The third kappa shape index (κ3) is 3.63. The number of fused-ring (bicyclic) bond motifs is 3. The number of phenols is 1. The lowest BCUT2D eigenvalue weighted by atomic mass is 9.58. The summed E-state index contributed by atoms with van der Waals surface area (Å²) in [5, 5.41) is 47.7. The Labute approximate surface area is 209 Å². The molecule has 1 aromatic carbocycles. The zero-order valence-corrected chi connectivity index (χ0v) is 20.8. The highest BCUT2D eigenvalue weighted by molar-refractivity contribution is 6.24. The fourth-order valence-corrected chi connectivity index (χ4v) is 5.91. The molecule has 10 heteroatoms. The molecule has 5 atom stereocenters. The predicted octanol–water partition coefficient (Wildman–Crippen LogP) is 1.01. The van der Waals surface area contributed by atoms with Gasteiger partial charge in [0.25, 0.3) is 5.91 Å². The van der Waals surface area contributed by atoms with Crippen LogP contribution in [0.4, 0.5) is 0 Å². The van der Waals surface area contributed by atoms with Gasteiger partial charge in [0, 0.05) is 24.1 Å². The maximum absolute atomic E-state index is 13.7. The third-order valence-corrected chi connectivity index (χ3v) is 7.96. The molecule has 0 spiro atoms. The number of nitrogens with two attached hydrogens (primary N) is 1. The summed E-state index contributed by atoms with van der Waals surface area (Å²) in [5.74, 6) is -6.48. The standard InChI is InChI=1S/C26H33N3O7/c1-5-11(2)28-10-12-6-7-16(30)18-14(12)8-13-9-15-20(29(3)4)22(32)19(25(27)35)24(34)26(15,36)23(33)17(13)21(18)31/h6-7,11,13,15,20,28,30,32-33,36H,5,8-10H2,1-4H3,(H2,27,35). The second-order valence-electron chi connectivity index (χ2n) is 10.3. The van der Waals surface area contributed by atoms with Crippen LogP contribution in [0.1, 0.15) is 48.2 Å². The second kappa shape index (κ2) is 9.02. The van der Waals surface area contributed by atoms with Crippen molar-refractivity contribution < 1.29 is 34.8 Å². The molecule has 5 unspecified atom stereocenters. The van der Waals surface area contributed by atoms with Crippen molar-refractivity contribution in [3.8, 4) is 5.75 Å². The Morgan fingerprint density at radius 2 is 1.92 bits per heavy atom. The molecule has 0 aromatic heterocycles. The molecule has 10 nitrogen and oxygen atoms in total. The van der Waals surface area contributed by atoms with E-state index in [1.54, 1.807) is 20.2 Å². The highest BCUT2D eigenvalue weighted by Gasteiger charge is 2.63. The van der Waals surface area contributed by atoms with E-state index in [0.717, 1.165) is 12.0 Å². The zero-order chi connectivity index (χ0) is 26.7. The van der Waals surface area contributed by atoms with E-state index in [0.29, 0.717) is 12.1 Å². The van der Waals surface area contributed by atoms with Crippen LogP contribution in [-0.4, -0.2) is 74.6 Å². The number of phenolic OH excluding ortho intramolecular Hbond substituents is 1. The van der Waals surface area contributed by atoms with Gasteiger partial charge in [0.15, 0.2) is 11.4 Å². The molecule has 0 aliphatic heterocycles. The van der Waals surface area contributed by atoms with Gasteiger partial charge in [0.2, 0.25) is 5.78 Å². The highest BCUT2D eigenvalue weighted by Crippen LogP contribution is 2.52. The molecule has 7 N–H and O–H groups in total. The topological polar surface area (TPSA) is 173 Å². The van der Waals surface area contributed by atoms with Gasteiger partial charge in [-0.2, -0.15) is 0 Å². The largest absolute Gasteiger partial charge is 0.510 e. The van der Waals surface area contributed by atoms with E-state index in [9.17, 15) is 34.8 Å². The Kier molecular flexibility index (Phi) is 6.48. The molecular formula is C26H33N3O7. The Hall–Kier alpha value is -3.21. The maximum Gasteiger partial charge on any atom is 0.255 e. The van der Waals surface area contributed by atoms with Crippen LogP contribution in [0.25, 0.3) is 0 Å². The Morgan fingerprint density at radius 1 is 1.25 bits per heavy atom. The number of Topliss-reactive ketones (excluding diaryl/α,β-unsaturated/α-hetero) is 2. The monoisotopic (exact) mass is 499 g/mol. The number of rotatable bonds is 6. The number of ketones is 2. The zero-order valence-electron chi connectivity index (χ0n) is 20.8. The first-order valence-electron chi connectivity index (χ1n) is 12.1. The van der Waals surface area contributed by atoms with E-state index < -0.39 is 58.0 Å². The Morgan fingerprint density at radius 3 is 2.50 bits per heavy atom. The maximum atomic E-state index is 13.7. The van der Waals surface area contributed by atoms with Gasteiger partial charge in [-0.25, -0.2) is 0 Å². The average molecular weight is 500 g/mol. The fraction of sp³-hybridized carbons (Fsp3) is 0.500. The van der Waals surface area contributed by atoms with E-state index in [1.165, 1.54) is 11.0 Å². The van der Waals surface area contributed by atoms with Crippen LogP contribution in [-0.2, 0) is 22.6 Å². The summed E-state index contributed by atoms with van der Waals surface area (Å²) in [6.07, 6.45) is 1.26. The molecule has 1 aromatic rings. The lowest BCUT2D eigenvalue weighted by Crippen LogP contribution is -2.63. The fourth-order valence-electron chi connectivity index (χ4n) is 5.91. The molecular weight excluding hydrogens is 466 g/mol.